The lowest BCUT2D eigenvalue weighted by Crippen LogP contribution is -2.25. The summed E-state index contributed by atoms with van der Waals surface area (Å²) < 4.78 is 35.1. The fourth-order valence-corrected chi connectivity index (χ4v) is 4.95. The van der Waals surface area contributed by atoms with Gasteiger partial charge in [-0.05, 0) is 53.8 Å². The average Bonchev–Trinajstić information content (AvgIpc) is 3.28. The second kappa shape index (κ2) is 10.5. The van der Waals surface area contributed by atoms with Crippen molar-refractivity contribution in [2.75, 3.05) is 13.7 Å². The number of benzene rings is 3. The number of rotatable bonds is 10. The second-order valence-corrected chi connectivity index (χ2v) is 9.59. The van der Waals surface area contributed by atoms with E-state index in [4.69, 9.17) is 4.74 Å². The van der Waals surface area contributed by atoms with Gasteiger partial charge in [0.1, 0.15) is 10.6 Å². The normalized spacial score (nSPS) is 11.4. The highest BCUT2D eigenvalue weighted by Crippen LogP contribution is 2.22. The molecule has 176 valence electrons. The summed E-state index contributed by atoms with van der Waals surface area (Å²) in [7, 11) is -2.30. The quantitative estimate of drug-likeness (QED) is 0.339. The van der Waals surface area contributed by atoms with Crippen LogP contribution in [0.5, 0.6) is 5.75 Å². The molecular formula is C26H27N3O4S. The summed E-state index contributed by atoms with van der Waals surface area (Å²) in [4.78, 5) is 12.5. The number of hydrogen-bond acceptors (Lipinski definition) is 4. The van der Waals surface area contributed by atoms with E-state index in [0.717, 1.165) is 18.5 Å². The van der Waals surface area contributed by atoms with Gasteiger partial charge in [0.15, 0.2) is 0 Å². The Morgan fingerprint density at radius 2 is 1.68 bits per heavy atom. The summed E-state index contributed by atoms with van der Waals surface area (Å²) in [5.74, 6) is 0.130. The molecule has 0 bridgehead atoms. The molecule has 0 unspecified atom stereocenters. The maximum Gasteiger partial charge on any atom is 0.251 e. The number of sulfonamides is 1. The topological polar surface area (TPSA) is 89.4 Å². The molecule has 4 aromatic rings. The molecule has 1 heterocycles. The van der Waals surface area contributed by atoms with Gasteiger partial charge in [-0.25, -0.2) is 13.1 Å². The zero-order valence-electron chi connectivity index (χ0n) is 18.9. The van der Waals surface area contributed by atoms with Crippen molar-refractivity contribution < 1.29 is 17.9 Å². The Bertz CT molecular complexity index is 1380. The summed E-state index contributed by atoms with van der Waals surface area (Å²) in [5, 5.41) is 4.15. The summed E-state index contributed by atoms with van der Waals surface area (Å²) in [6.45, 7) is 1.48. The summed E-state index contributed by atoms with van der Waals surface area (Å²) in [6.07, 6.45) is 2.88. The van der Waals surface area contributed by atoms with Crippen LogP contribution >= 0.6 is 0 Å². The van der Waals surface area contributed by atoms with Crippen molar-refractivity contribution in [2.45, 2.75) is 24.4 Å². The molecule has 0 fully saturated rings. The van der Waals surface area contributed by atoms with Gasteiger partial charge < -0.3 is 14.6 Å². The van der Waals surface area contributed by atoms with Gasteiger partial charge in [-0.3, -0.25) is 4.79 Å². The second-order valence-electron chi connectivity index (χ2n) is 7.85. The maximum absolute atomic E-state index is 12.6. The average molecular weight is 478 g/mol. The van der Waals surface area contributed by atoms with E-state index in [1.54, 1.807) is 42.5 Å². The Morgan fingerprint density at radius 1 is 0.941 bits per heavy atom. The number of para-hydroxylation sites is 2. The van der Waals surface area contributed by atoms with Gasteiger partial charge in [-0.2, -0.15) is 0 Å². The van der Waals surface area contributed by atoms with E-state index in [9.17, 15) is 13.2 Å². The zero-order valence-corrected chi connectivity index (χ0v) is 19.7. The number of nitrogens with zero attached hydrogens (tertiary/aromatic N) is 1. The standard InChI is InChI=1S/C26H27N3O4S/c1-33-24-9-4-5-10-25(24)34(31,32)28-19-20-11-13-22(14-12-20)26(30)27-16-6-17-29-18-15-21-7-2-3-8-23(21)29/h2-5,7-15,18,28H,6,16-17,19H2,1H3,(H,27,30). The van der Waals surface area contributed by atoms with Crippen molar-refractivity contribution in [3.05, 3.63) is 96.2 Å². The van der Waals surface area contributed by atoms with Crippen LogP contribution in [0.2, 0.25) is 0 Å². The van der Waals surface area contributed by atoms with Gasteiger partial charge in [-0.15, -0.1) is 0 Å². The highest BCUT2D eigenvalue weighted by molar-refractivity contribution is 7.89. The minimum absolute atomic E-state index is 0.0846. The van der Waals surface area contributed by atoms with Gasteiger partial charge >= 0.3 is 0 Å². The number of amides is 1. The van der Waals surface area contributed by atoms with E-state index in [1.165, 1.54) is 24.1 Å². The van der Waals surface area contributed by atoms with Crippen LogP contribution in [0, 0.1) is 0 Å². The van der Waals surface area contributed by atoms with Crippen LogP contribution in [0.25, 0.3) is 10.9 Å². The van der Waals surface area contributed by atoms with E-state index >= 15 is 0 Å². The van der Waals surface area contributed by atoms with Gasteiger partial charge in [0.05, 0.1) is 7.11 Å². The minimum atomic E-state index is -3.73. The Balaban J connectivity index is 1.27. The van der Waals surface area contributed by atoms with Crippen LogP contribution in [-0.4, -0.2) is 32.5 Å². The molecule has 1 aromatic heterocycles. The number of hydrogen-bond donors (Lipinski definition) is 2. The first-order chi connectivity index (χ1) is 16.5. The molecule has 0 aliphatic carbocycles. The molecule has 0 aliphatic rings. The van der Waals surface area contributed by atoms with Gasteiger partial charge in [0.2, 0.25) is 10.0 Å². The minimum Gasteiger partial charge on any atom is -0.495 e. The fraction of sp³-hybridized carbons (Fsp3) is 0.192. The maximum atomic E-state index is 12.6. The highest BCUT2D eigenvalue weighted by Gasteiger charge is 2.18. The molecule has 0 radical (unpaired) electrons. The monoisotopic (exact) mass is 477 g/mol. The SMILES string of the molecule is COc1ccccc1S(=O)(=O)NCc1ccc(C(=O)NCCCn2ccc3ccccc32)cc1. The van der Waals surface area contributed by atoms with Crippen LogP contribution < -0.4 is 14.8 Å². The summed E-state index contributed by atoms with van der Waals surface area (Å²) in [6, 6.07) is 23.6. The van der Waals surface area contributed by atoms with Crippen molar-refractivity contribution in [2.24, 2.45) is 0 Å². The smallest absolute Gasteiger partial charge is 0.251 e. The number of aryl methyl sites for hydroxylation is 1. The highest BCUT2D eigenvalue weighted by atomic mass is 32.2. The Labute approximate surface area is 199 Å². The van der Waals surface area contributed by atoms with Gasteiger partial charge in [0.25, 0.3) is 5.91 Å². The lowest BCUT2D eigenvalue weighted by atomic mass is 10.1. The van der Waals surface area contributed by atoms with E-state index in [-0.39, 0.29) is 23.1 Å². The van der Waals surface area contributed by atoms with Crippen LogP contribution in [0.4, 0.5) is 0 Å². The van der Waals surface area contributed by atoms with Gasteiger partial charge in [0, 0.05) is 36.9 Å². The first-order valence-electron chi connectivity index (χ1n) is 11.0. The number of methoxy groups -OCH3 is 1. The Morgan fingerprint density at radius 3 is 2.47 bits per heavy atom. The molecule has 0 saturated carbocycles. The summed E-state index contributed by atoms with van der Waals surface area (Å²) >= 11 is 0. The first kappa shape index (κ1) is 23.5. The Kier molecular flexibility index (Phi) is 7.30. The van der Waals surface area contributed by atoms with Crippen LogP contribution in [0.1, 0.15) is 22.3 Å². The molecule has 2 N–H and O–H groups in total. The molecule has 0 atom stereocenters. The van der Waals surface area contributed by atoms with E-state index in [2.05, 4.69) is 39.0 Å². The third-order valence-electron chi connectivity index (χ3n) is 5.58. The van der Waals surface area contributed by atoms with Crippen molar-refractivity contribution >= 4 is 26.8 Å². The molecule has 8 heteroatoms. The van der Waals surface area contributed by atoms with Crippen molar-refractivity contribution in [3.63, 3.8) is 0 Å². The van der Waals surface area contributed by atoms with Crippen molar-refractivity contribution in [1.82, 2.24) is 14.6 Å². The van der Waals surface area contributed by atoms with Crippen LogP contribution in [0.3, 0.4) is 0 Å². The Hall–Kier alpha value is -3.62. The molecule has 0 saturated heterocycles. The lowest BCUT2D eigenvalue weighted by Gasteiger charge is -2.11. The molecular weight excluding hydrogens is 450 g/mol. The number of carbonyl (C=O) groups is 1. The van der Waals surface area contributed by atoms with Crippen molar-refractivity contribution in [3.8, 4) is 5.75 Å². The lowest BCUT2D eigenvalue weighted by molar-refractivity contribution is 0.0952. The number of aromatic nitrogens is 1. The number of fused-ring (bicyclic) bond motifs is 1. The zero-order chi connectivity index (χ0) is 24.0. The number of nitrogens with one attached hydrogen (secondary N) is 2. The van der Waals surface area contributed by atoms with Crippen LogP contribution in [0.15, 0.2) is 90.0 Å². The molecule has 0 spiro atoms. The predicted molar refractivity (Wildman–Crippen MR) is 132 cm³/mol. The molecule has 1 amide bonds. The van der Waals surface area contributed by atoms with Gasteiger partial charge in [-0.1, -0.05) is 42.5 Å². The van der Waals surface area contributed by atoms with E-state index in [1.807, 2.05) is 12.1 Å². The number of carbonyl (C=O) groups excluding carboxylic acids is 1. The molecule has 3 aromatic carbocycles. The predicted octanol–water partition coefficient (Wildman–Crippen LogP) is 3.95. The summed E-state index contributed by atoms with van der Waals surface area (Å²) in [5.41, 5.74) is 2.46. The van der Waals surface area contributed by atoms with Crippen LogP contribution in [-0.2, 0) is 23.1 Å². The fourth-order valence-electron chi connectivity index (χ4n) is 3.76. The van der Waals surface area contributed by atoms with E-state index < -0.39 is 10.0 Å². The molecule has 34 heavy (non-hydrogen) atoms. The van der Waals surface area contributed by atoms with Crippen molar-refractivity contribution in [1.29, 1.82) is 0 Å². The third-order valence-corrected chi connectivity index (χ3v) is 7.02. The third kappa shape index (κ3) is 5.47. The molecule has 4 rings (SSSR count). The number of ether oxygens (including phenoxy) is 1. The first-order valence-corrected chi connectivity index (χ1v) is 12.5. The molecule has 7 nitrogen and oxygen atoms in total. The largest absolute Gasteiger partial charge is 0.495 e. The molecule has 0 aliphatic heterocycles. The van der Waals surface area contributed by atoms with E-state index in [0.29, 0.717) is 12.1 Å².